The molecule has 2 aliphatic heterocycles. The minimum atomic E-state index is -0.533. The summed E-state index contributed by atoms with van der Waals surface area (Å²) in [6, 6.07) is 10.4. The molecule has 1 fully saturated rings. The van der Waals surface area contributed by atoms with Crippen molar-refractivity contribution in [1.82, 2.24) is 25.0 Å². The van der Waals surface area contributed by atoms with Crippen LogP contribution in [0, 0.1) is 5.82 Å². The fourth-order valence-corrected chi connectivity index (χ4v) is 5.07. The predicted octanol–water partition coefficient (Wildman–Crippen LogP) is 3.88. The minimum Gasteiger partial charge on any atom is -0.482 e. The predicted molar refractivity (Wildman–Crippen MR) is 127 cm³/mol. The molecular formula is C25H29FN6O2. The molecule has 2 aromatic heterocycles. The molecule has 0 radical (unpaired) electrons. The number of halogens is 1. The number of nitrogens with one attached hydrogen (secondary N) is 1. The Morgan fingerprint density at radius 3 is 2.88 bits per heavy atom. The van der Waals surface area contributed by atoms with Gasteiger partial charge < -0.3 is 20.7 Å². The van der Waals surface area contributed by atoms with Crippen LogP contribution in [0.2, 0.25) is 0 Å². The summed E-state index contributed by atoms with van der Waals surface area (Å²) in [5, 5.41) is 7.71. The van der Waals surface area contributed by atoms with Gasteiger partial charge in [0.2, 0.25) is 0 Å². The van der Waals surface area contributed by atoms with Crippen molar-refractivity contribution in [3.63, 3.8) is 0 Å². The molecule has 3 aromatic rings. The van der Waals surface area contributed by atoms with Crippen molar-refractivity contribution >= 4 is 11.8 Å². The first-order valence-corrected chi connectivity index (χ1v) is 11.7. The Labute approximate surface area is 197 Å². The molecule has 1 spiro atoms. The van der Waals surface area contributed by atoms with Gasteiger partial charge in [-0.2, -0.15) is 5.10 Å². The van der Waals surface area contributed by atoms with Gasteiger partial charge in [-0.05, 0) is 44.9 Å². The summed E-state index contributed by atoms with van der Waals surface area (Å²) < 4.78 is 22.2. The van der Waals surface area contributed by atoms with E-state index in [4.69, 9.17) is 15.6 Å². The highest BCUT2D eigenvalue weighted by atomic mass is 19.1. The summed E-state index contributed by atoms with van der Waals surface area (Å²) in [7, 11) is 0. The number of hydrogen-bond acceptors (Lipinski definition) is 5. The molecule has 8 nitrogen and oxygen atoms in total. The van der Waals surface area contributed by atoms with Crippen LogP contribution in [0.25, 0.3) is 11.3 Å². The largest absolute Gasteiger partial charge is 0.482 e. The number of anilines is 1. The van der Waals surface area contributed by atoms with Gasteiger partial charge in [0, 0.05) is 54.6 Å². The topological polar surface area (TPSA) is 98.3 Å². The number of hydrogen-bond donors (Lipinski definition) is 2. The zero-order chi connectivity index (χ0) is 23.9. The number of nitrogens with zero attached hydrogens (tertiary/aromatic N) is 4. The Hall–Kier alpha value is -3.62. The second-order valence-corrected chi connectivity index (χ2v) is 9.06. The normalized spacial score (nSPS) is 19.9. The van der Waals surface area contributed by atoms with Crippen LogP contribution in [0.1, 0.15) is 44.1 Å². The van der Waals surface area contributed by atoms with E-state index >= 15 is 0 Å². The van der Waals surface area contributed by atoms with E-state index in [-0.39, 0.29) is 23.1 Å². The Bertz CT molecular complexity index is 1230. The Morgan fingerprint density at radius 2 is 2.09 bits per heavy atom. The van der Waals surface area contributed by atoms with Gasteiger partial charge in [0.1, 0.15) is 11.9 Å². The van der Waals surface area contributed by atoms with E-state index in [2.05, 4.69) is 16.4 Å². The number of nitrogens with two attached hydrogens (primary N) is 1. The lowest BCUT2D eigenvalue weighted by atomic mass is 9.82. The molecule has 1 aromatic carbocycles. The molecule has 4 heterocycles. The number of ether oxygens (including phenoxy) is 1. The molecular weight excluding hydrogens is 435 g/mol. The highest BCUT2D eigenvalue weighted by Gasteiger charge is 2.46. The molecule has 178 valence electrons. The SMILES string of the molecule is CCNC(=O)N1CC[C@@]2(CCn3nc(-c4cnc(N)c(O[C@H](C)c5ccccc5F)c4)cc32)C1. The van der Waals surface area contributed by atoms with Crippen molar-refractivity contribution in [2.75, 3.05) is 25.4 Å². The molecule has 9 heteroatoms. The second-order valence-electron chi connectivity index (χ2n) is 9.06. The van der Waals surface area contributed by atoms with Crippen LogP contribution in [-0.4, -0.2) is 45.3 Å². The van der Waals surface area contributed by atoms with Gasteiger partial charge in [0.25, 0.3) is 0 Å². The van der Waals surface area contributed by atoms with Crippen LogP contribution in [0.3, 0.4) is 0 Å². The zero-order valence-electron chi connectivity index (χ0n) is 19.4. The van der Waals surface area contributed by atoms with E-state index in [1.54, 1.807) is 37.4 Å². The molecule has 3 N–H and O–H groups in total. The van der Waals surface area contributed by atoms with Gasteiger partial charge in [0.05, 0.1) is 5.69 Å². The number of urea groups is 1. The zero-order valence-corrected chi connectivity index (χ0v) is 19.4. The number of carbonyl (C=O) groups excluding carboxylic acids is 1. The number of benzene rings is 1. The molecule has 0 aliphatic carbocycles. The van der Waals surface area contributed by atoms with Crippen LogP contribution in [0.4, 0.5) is 15.0 Å². The van der Waals surface area contributed by atoms with Gasteiger partial charge in [-0.3, -0.25) is 4.68 Å². The summed E-state index contributed by atoms with van der Waals surface area (Å²) in [6.45, 7) is 6.57. The third-order valence-corrected chi connectivity index (χ3v) is 6.92. The first-order valence-electron chi connectivity index (χ1n) is 11.7. The molecule has 2 aliphatic rings. The Morgan fingerprint density at radius 1 is 1.29 bits per heavy atom. The first kappa shape index (κ1) is 22.2. The van der Waals surface area contributed by atoms with E-state index < -0.39 is 6.10 Å². The van der Waals surface area contributed by atoms with Crippen molar-refractivity contribution < 1.29 is 13.9 Å². The minimum absolute atomic E-state index is 0.00828. The molecule has 5 rings (SSSR count). The average Bonchev–Trinajstić information content (AvgIpc) is 3.53. The van der Waals surface area contributed by atoms with Crippen molar-refractivity contribution in [2.45, 2.75) is 44.8 Å². The number of aromatic nitrogens is 3. The van der Waals surface area contributed by atoms with Crippen LogP contribution >= 0.6 is 0 Å². The summed E-state index contributed by atoms with van der Waals surface area (Å²) in [6.07, 6.45) is 3.04. The third-order valence-electron chi connectivity index (χ3n) is 6.92. The van der Waals surface area contributed by atoms with E-state index in [0.717, 1.165) is 42.9 Å². The Balaban J connectivity index is 1.39. The van der Waals surface area contributed by atoms with Gasteiger partial charge in [-0.25, -0.2) is 14.2 Å². The van der Waals surface area contributed by atoms with Crippen molar-refractivity contribution in [2.24, 2.45) is 0 Å². The highest BCUT2D eigenvalue weighted by molar-refractivity contribution is 5.75. The quantitative estimate of drug-likeness (QED) is 0.597. The lowest BCUT2D eigenvalue weighted by Crippen LogP contribution is -2.40. The van der Waals surface area contributed by atoms with Crippen molar-refractivity contribution in [1.29, 1.82) is 0 Å². The van der Waals surface area contributed by atoms with Crippen molar-refractivity contribution in [3.8, 4) is 17.0 Å². The lowest BCUT2D eigenvalue weighted by Gasteiger charge is -2.23. The van der Waals surface area contributed by atoms with Gasteiger partial charge in [-0.15, -0.1) is 0 Å². The summed E-state index contributed by atoms with van der Waals surface area (Å²) in [4.78, 5) is 18.5. The molecule has 1 saturated heterocycles. The summed E-state index contributed by atoms with van der Waals surface area (Å²) >= 11 is 0. The monoisotopic (exact) mass is 464 g/mol. The number of amides is 2. The number of nitrogen functional groups attached to an aromatic ring is 1. The number of carbonyl (C=O) groups is 1. The van der Waals surface area contributed by atoms with Crippen LogP contribution in [0.15, 0.2) is 42.6 Å². The molecule has 2 amide bonds. The second kappa shape index (κ2) is 8.62. The molecule has 34 heavy (non-hydrogen) atoms. The van der Waals surface area contributed by atoms with E-state index in [1.165, 1.54) is 6.07 Å². The van der Waals surface area contributed by atoms with E-state index in [0.29, 0.717) is 24.4 Å². The maximum Gasteiger partial charge on any atom is 0.317 e. The maximum atomic E-state index is 14.2. The van der Waals surface area contributed by atoms with E-state index in [1.807, 2.05) is 16.5 Å². The van der Waals surface area contributed by atoms with Crippen LogP contribution in [-0.2, 0) is 12.0 Å². The summed E-state index contributed by atoms with van der Waals surface area (Å²) in [5.41, 5.74) is 9.15. The molecule has 0 saturated carbocycles. The van der Waals surface area contributed by atoms with Crippen LogP contribution in [0.5, 0.6) is 5.75 Å². The van der Waals surface area contributed by atoms with Gasteiger partial charge >= 0.3 is 6.03 Å². The number of rotatable bonds is 5. The first-order chi connectivity index (χ1) is 16.4. The van der Waals surface area contributed by atoms with Gasteiger partial charge in [-0.1, -0.05) is 18.2 Å². The number of pyridine rings is 1. The Kier molecular flexibility index (Phi) is 5.63. The lowest BCUT2D eigenvalue weighted by molar-refractivity contribution is 0.206. The summed E-state index contributed by atoms with van der Waals surface area (Å²) in [5.74, 6) is 0.301. The smallest absolute Gasteiger partial charge is 0.317 e. The highest BCUT2D eigenvalue weighted by Crippen LogP contribution is 2.44. The van der Waals surface area contributed by atoms with E-state index in [9.17, 15) is 9.18 Å². The average molecular weight is 465 g/mol. The van der Waals surface area contributed by atoms with Crippen molar-refractivity contribution in [3.05, 3.63) is 59.7 Å². The van der Waals surface area contributed by atoms with Gasteiger partial charge in [0.15, 0.2) is 11.6 Å². The fraction of sp³-hybridized carbons (Fsp3) is 0.400. The maximum absolute atomic E-state index is 14.2. The fourth-order valence-electron chi connectivity index (χ4n) is 5.07. The standard InChI is InChI=1S/C25H29FN6O2/c1-3-28-24(33)31-10-8-25(15-31)9-11-32-22(25)13-20(30-32)17-12-21(23(27)29-14-17)34-16(2)18-6-4-5-7-19(18)26/h4-7,12-14,16H,3,8-11,15H2,1-2H3,(H2,27,29)(H,28,33)/t16-,25-/m1/s1. The number of fused-ring (bicyclic) bond motifs is 2. The molecule has 0 unspecified atom stereocenters. The molecule has 0 bridgehead atoms. The third kappa shape index (κ3) is 3.85. The van der Waals surface area contributed by atoms with Crippen LogP contribution < -0.4 is 15.8 Å². The number of aryl methyl sites for hydroxylation is 1. The molecule has 2 atom stereocenters. The number of likely N-dealkylation sites (tertiary alicyclic amines) is 1.